The van der Waals surface area contributed by atoms with Crippen LogP contribution in [0.1, 0.15) is 0 Å². The predicted molar refractivity (Wildman–Crippen MR) is 171 cm³/mol. The first-order valence-corrected chi connectivity index (χ1v) is 14.0. The number of pyridine rings is 3. The number of fused-ring (bicyclic) bond motifs is 6. The Hall–Kier alpha value is -5.81. The van der Waals surface area contributed by atoms with E-state index in [1.165, 1.54) is 32.7 Å². The second-order valence-electron chi connectivity index (χ2n) is 10.6. The van der Waals surface area contributed by atoms with E-state index in [9.17, 15) is 0 Å². The lowest BCUT2D eigenvalue weighted by molar-refractivity contribution is 1.08. The topological polar surface area (TPSA) is 46.8 Å². The lowest BCUT2D eigenvalue weighted by Gasteiger charge is -2.34. The molecule has 4 aromatic heterocycles. The van der Waals surface area contributed by atoms with E-state index >= 15 is 0 Å². The van der Waals surface area contributed by atoms with Crippen LogP contribution in [-0.4, -0.2) is 19.5 Å². The number of benzene rings is 4. The lowest BCUT2D eigenvalue weighted by atomic mass is 9.89. The molecule has 0 atom stereocenters. The van der Waals surface area contributed by atoms with Crippen molar-refractivity contribution in [2.75, 3.05) is 4.90 Å². The smallest absolute Gasteiger partial charge is 0.137 e. The molecule has 196 valence electrons. The van der Waals surface area contributed by atoms with Crippen molar-refractivity contribution in [1.29, 1.82) is 0 Å². The van der Waals surface area contributed by atoms with Gasteiger partial charge in [-0.1, -0.05) is 60.7 Å². The van der Waals surface area contributed by atoms with Crippen LogP contribution >= 0.6 is 0 Å². The lowest BCUT2D eigenvalue weighted by Crippen LogP contribution is -2.15. The maximum absolute atomic E-state index is 4.95. The number of hydrogen-bond acceptors (Lipinski definition) is 4. The van der Waals surface area contributed by atoms with Gasteiger partial charge in [0.25, 0.3) is 0 Å². The van der Waals surface area contributed by atoms with Crippen LogP contribution in [0.3, 0.4) is 0 Å². The van der Waals surface area contributed by atoms with E-state index in [2.05, 4.69) is 110 Å². The van der Waals surface area contributed by atoms with E-state index in [-0.39, 0.29) is 0 Å². The van der Waals surface area contributed by atoms with E-state index in [0.29, 0.717) is 0 Å². The molecule has 0 spiro atoms. The summed E-state index contributed by atoms with van der Waals surface area (Å²) in [6.45, 7) is 0. The van der Waals surface area contributed by atoms with Crippen LogP contribution in [0.25, 0.3) is 60.8 Å². The van der Waals surface area contributed by atoms with Crippen molar-refractivity contribution in [3.63, 3.8) is 0 Å². The molecule has 5 heterocycles. The molecule has 0 fully saturated rings. The number of rotatable bonds is 3. The number of anilines is 3. The van der Waals surface area contributed by atoms with Crippen LogP contribution in [0, 0.1) is 0 Å². The minimum Gasteiger partial charge on any atom is -0.307 e. The molecule has 0 radical (unpaired) electrons. The van der Waals surface area contributed by atoms with Gasteiger partial charge in [-0.3, -0.25) is 14.5 Å². The summed E-state index contributed by atoms with van der Waals surface area (Å²) in [5.74, 6) is 0.868. The molecule has 0 saturated heterocycles. The molecule has 0 bridgehead atoms. The Kier molecular flexibility index (Phi) is 4.83. The molecule has 5 nitrogen and oxygen atoms in total. The van der Waals surface area contributed by atoms with Gasteiger partial charge in [0.15, 0.2) is 0 Å². The van der Waals surface area contributed by atoms with Gasteiger partial charge in [-0.25, -0.2) is 4.98 Å². The summed E-state index contributed by atoms with van der Waals surface area (Å²) in [5.41, 5.74) is 9.92. The molecule has 5 heteroatoms. The summed E-state index contributed by atoms with van der Waals surface area (Å²) in [6, 6.07) is 40.6. The van der Waals surface area contributed by atoms with E-state index < -0.39 is 0 Å². The van der Waals surface area contributed by atoms with E-state index in [1.807, 2.05) is 49.1 Å². The Morgan fingerprint density at radius 1 is 0.548 bits per heavy atom. The molecule has 8 aromatic rings. The first-order chi connectivity index (χ1) is 20.9. The quantitative estimate of drug-likeness (QED) is 0.225. The van der Waals surface area contributed by atoms with Crippen LogP contribution in [0.4, 0.5) is 17.1 Å². The first-order valence-electron chi connectivity index (χ1n) is 14.0. The van der Waals surface area contributed by atoms with Gasteiger partial charge >= 0.3 is 0 Å². The molecule has 0 aliphatic carbocycles. The van der Waals surface area contributed by atoms with Crippen LogP contribution in [0.2, 0.25) is 0 Å². The van der Waals surface area contributed by atoms with Gasteiger partial charge in [0.2, 0.25) is 0 Å². The highest BCUT2D eigenvalue weighted by Gasteiger charge is 2.30. The van der Waals surface area contributed by atoms with Crippen molar-refractivity contribution in [2.45, 2.75) is 0 Å². The Labute approximate surface area is 242 Å². The molecular weight excluding hydrogens is 514 g/mol. The van der Waals surface area contributed by atoms with E-state index in [0.717, 1.165) is 45.2 Å². The molecule has 42 heavy (non-hydrogen) atoms. The second kappa shape index (κ2) is 8.85. The van der Waals surface area contributed by atoms with Crippen molar-refractivity contribution >= 4 is 49.6 Å². The Bertz CT molecular complexity index is 2280. The fraction of sp³-hybridized carbons (Fsp3) is 0. The second-order valence-corrected chi connectivity index (χ2v) is 10.6. The van der Waals surface area contributed by atoms with Crippen molar-refractivity contribution < 1.29 is 0 Å². The van der Waals surface area contributed by atoms with Gasteiger partial charge in [-0.05, 0) is 65.5 Å². The van der Waals surface area contributed by atoms with Crippen LogP contribution in [-0.2, 0) is 0 Å². The summed E-state index contributed by atoms with van der Waals surface area (Å²) in [6.07, 6.45) is 7.50. The zero-order valence-corrected chi connectivity index (χ0v) is 22.5. The van der Waals surface area contributed by atoms with Crippen molar-refractivity contribution in [3.8, 4) is 28.2 Å². The van der Waals surface area contributed by atoms with Gasteiger partial charge in [-0.2, -0.15) is 0 Å². The Morgan fingerprint density at radius 3 is 2.29 bits per heavy atom. The first kappa shape index (κ1) is 22.9. The van der Waals surface area contributed by atoms with Gasteiger partial charge in [0.05, 0.1) is 40.0 Å². The number of aromatic nitrogens is 4. The molecule has 0 amide bonds. The van der Waals surface area contributed by atoms with Crippen molar-refractivity contribution in [3.05, 3.63) is 140 Å². The van der Waals surface area contributed by atoms with Crippen LogP contribution < -0.4 is 4.90 Å². The molecule has 0 saturated carbocycles. The maximum Gasteiger partial charge on any atom is 0.137 e. The van der Waals surface area contributed by atoms with Crippen LogP contribution in [0.15, 0.2) is 140 Å². The summed E-state index contributed by atoms with van der Waals surface area (Å²) in [5, 5.41) is 4.85. The number of hydrogen-bond donors (Lipinski definition) is 0. The molecule has 4 aromatic carbocycles. The minimum atomic E-state index is 0.868. The number of para-hydroxylation sites is 1. The van der Waals surface area contributed by atoms with E-state index in [1.54, 1.807) is 0 Å². The van der Waals surface area contributed by atoms with Crippen molar-refractivity contribution in [1.82, 2.24) is 19.5 Å². The normalized spacial score (nSPS) is 12.2. The molecule has 1 aliphatic heterocycles. The third kappa shape index (κ3) is 3.22. The van der Waals surface area contributed by atoms with Gasteiger partial charge in [0.1, 0.15) is 5.82 Å². The molecule has 0 N–H and O–H groups in total. The molecule has 1 aliphatic rings. The highest BCUT2D eigenvalue weighted by molar-refractivity contribution is 6.24. The summed E-state index contributed by atoms with van der Waals surface area (Å²) < 4.78 is 2.27. The summed E-state index contributed by atoms with van der Waals surface area (Å²) in [4.78, 5) is 16.4. The SMILES string of the molecule is c1ccc(-c2ccc(-n3c4ccccc4c4c5c(ccc43)-c3cccc4cccc(c34)N5c3cccnc3)nc2)nc1. The standard InChI is InChI=1S/C37H23N5/c1-2-14-31-29(11-1)36-33(42(31)34-19-16-25(22-40-34)30-13-3-4-21-39-30)18-17-28-27-12-5-8-24-9-6-15-32(35(24)27)41(37(28)36)26-10-7-20-38-23-26/h1-23H. The molecule has 9 rings (SSSR count). The largest absolute Gasteiger partial charge is 0.307 e. The Morgan fingerprint density at radius 2 is 1.45 bits per heavy atom. The van der Waals surface area contributed by atoms with Crippen LogP contribution in [0.5, 0.6) is 0 Å². The predicted octanol–water partition coefficient (Wildman–Crippen LogP) is 9.24. The highest BCUT2D eigenvalue weighted by atomic mass is 15.2. The zero-order valence-electron chi connectivity index (χ0n) is 22.5. The highest BCUT2D eigenvalue weighted by Crippen LogP contribution is 2.54. The fourth-order valence-electron chi connectivity index (χ4n) is 6.55. The molecule has 0 unspecified atom stereocenters. The maximum atomic E-state index is 4.95. The third-order valence-corrected chi connectivity index (χ3v) is 8.29. The average Bonchev–Trinajstić information content (AvgIpc) is 3.41. The van der Waals surface area contributed by atoms with E-state index in [4.69, 9.17) is 4.98 Å². The van der Waals surface area contributed by atoms with Gasteiger partial charge in [0, 0.05) is 45.9 Å². The number of nitrogens with zero attached hydrogens (tertiary/aromatic N) is 5. The van der Waals surface area contributed by atoms with Gasteiger partial charge < -0.3 is 4.90 Å². The summed E-state index contributed by atoms with van der Waals surface area (Å²) in [7, 11) is 0. The fourth-order valence-corrected chi connectivity index (χ4v) is 6.55. The van der Waals surface area contributed by atoms with Crippen molar-refractivity contribution in [2.24, 2.45) is 0 Å². The Balaban J connectivity index is 1.37. The zero-order chi connectivity index (χ0) is 27.6. The summed E-state index contributed by atoms with van der Waals surface area (Å²) >= 11 is 0. The monoisotopic (exact) mass is 537 g/mol. The minimum absolute atomic E-state index is 0.868. The third-order valence-electron chi connectivity index (χ3n) is 8.29. The molecular formula is C37H23N5. The average molecular weight is 538 g/mol. The van der Waals surface area contributed by atoms with Gasteiger partial charge in [-0.15, -0.1) is 0 Å².